The van der Waals surface area contributed by atoms with E-state index in [4.69, 9.17) is 0 Å². The van der Waals surface area contributed by atoms with Gasteiger partial charge in [-0.05, 0) is 43.0 Å². The quantitative estimate of drug-likeness (QED) is 0.794. The molecule has 1 aromatic rings. The molecule has 6 heteroatoms. The van der Waals surface area contributed by atoms with Crippen LogP contribution in [0, 0.1) is 12.7 Å². The maximum atomic E-state index is 13.6. The molecule has 2 heterocycles. The van der Waals surface area contributed by atoms with Crippen LogP contribution in [0.4, 0.5) is 4.39 Å². The van der Waals surface area contributed by atoms with Crippen molar-refractivity contribution in [2.75, 3.05) is 0 Å². The van der Waals surface area contributed by atoms with Gasteiger partial charge in [0.2, 0.25) is 5.91 Å². The highest BCUT2D eigenvalue weighted by molar-refractivity contribution is 6.01. The first-order valence-electron chi connectivity index (χ1n) is 6.56. The molecule has 0 bridgehead atoms. The van der Waals surface area contributed by atoms with Crippen LogP contribution in [0.15, 0.2) is 12.1 Å². The first-order chi connectivity index (χ1) is 9.49. The fourth-order valence-electron chi connectivity index (χ4n) is 2.86. The molecule has 0 saturated carbocycles. The van der Waals surface area contributed by atoms with Crippen LogP contribution >= 0.6 is 0 Å². The van der Waals surface area contributed by atoms with E-state index in [1.54, 1.807) is 6.92 Å². The SMILES string of the molecule is Cc1c(F)ccc2c1CN(C1CCC(O)NC1=O)C2=O. The molecule has 3 rings (SSSR count). The van der Waals surface area contributed by atoms with Gasteiger partial charge in [0, 0.05) is 12.1 Å². The molecule has 2 N–H and O–H groups in total. The number of halogens is 1. The third kappa shape index (κ3) is 1.87. The van der Waals surface area contributed by atoms with Crippen molar-refractivity contribution in [2.45, 2.75) is 38.6 Å². The van der Waals surface area contributed by atoms with Gasteiger partial charge in [0.1, 0.15) is 18.1 Å². The lowest BCUT2D eigenvalue weighted by molar-refractivity contribution is -0.132. The molecule has 0 aromatic heterocycles. The summed E-state index contributed by atoms with van der Waals surface area (Å²) in [6.45, 7) is 1.88. The minimum absolute atomic E-state index is 0.242. The van der Waals surface area contributed by atoms with E-state index in [0.717, 1.165) is 0 Å². The average molecular weight is 278 g/mol. The molecule has 2 unspecified atom stereocenters. The number of carbonyl (C=O) groups is 2. The molecule has 106 valence electrons. The Labute approximate surface area is 115 Å². The summed E-state index contributed by atoms with van der Waals surface area (Å²) in [5.74, 6) is -0.954. The Balaban J connectivity index is 1.90. The van der Waals surface area contributed by atoms with Crippen LogP contribution in [0.1, 0.15) is 34.3 Å². The highest BCUT2D eigenvalue weighted by Crippen LogP contribution is 2.30. The summed E-state index contributed by atoms with van der Waals surface area (Å²) >= 11 is 0. The summed E-state index contributed by atoms with van der Waals surface area (Å²) in [7, 11) is 0. The summed E-state index contributed by atoms with van der Waals surface area (Å²) < 4.78 is 13.6. The van der Waals surface area contributed by atoms with E-state index >= 15 is 0 Å². The Kier molecular flexibility index (Phi) is 2.97. The molecular weight excluding hydrogens is 263 g/mol. The van der Waals surface area contributed by atoms with Gasteiger partial charge < -0.3 is 15.3 Å². The van der Waals surface area contributed by atoms with Crippen molar-refractivity contribution in [1.29, 1.82) is 0 Å². The standard InChI is InChI=1S/C14H15FN2O3/c1-7-9-6-17(11-4-5-12(18)16-13(11)19)14(20)8(9)2-3-10(7)15/h2-3,11-12,18H,4-6H2,1H3,(H,16,19). The summed E-state index contributed by atoms with van der Waals surface area (Å²) in [6, 6.07) is 2.15. The lowest BCUT2D eigenvalue weighted by atomic mass is 10.0. The van der Waals surface area contributed by atoms with Crippen LogP contribution in [0.2, 0.25) is 0 Å². The smallest absolute Gasteiger partial charge is 0.255 e. The number of hydrogen-bond acceptors (Lipinski definition) is 3. The van der Waals surface area contributed by atoms with Gasteiger partial charge in [-0.2, -0.15) is 0 Å². The van der Waals surface area contributed by atoms with E-state index in [2.05, 4.69) is 5.32 Å². The molecule has 0 aliphatic carbocycles. The van der Waals surface area contributed by atoms with Crippen molar-refractivity contribution in [1.82, 2.24) is 10.2 Å². The number of piperidine rings is 1. The molecule has 0 radical (unpaired) electrons. The van der Waals surface area contributed by atoms with E-state index in [1.807, 2.05) is 0 Å². The van der Waals surface area contributed by atoms with Crippen LogP contribution in [0.5, 0.6) is 0 Å². The molecule has 0 spiro atoms. The highest BCUT2D eigenvalue weighted by Gasteiger charge is 2.39. The molecule has 5 nitrogen and oxygen atoms in total. The van der Waals surface area contributed by atoms with E-state index < -0.39 is 12.3 Å². The van der Waals surface area contributed by atoms with Gasteiger partial charge in [0.15, 0.2) is 0 Å². The summed E-state index contributed by atoms with van der Waals surface area (Å²) in [6.07, 6.45) is -0.0315. The molecule has 20 heavy (non-hydrogen) atoms. The van der Waals surface area contributed by atoms with Gasteiger partial charge in [-0.1, -0.05) is 0 Å². The molecule has 2 atom stereocenters. The minimum atomic E-state index is -0.849. The van der Waals surface area contributed by atoms with Crippen molar-refractivity contribution in [3.05, 3.63) is 34.6 Å². The Hall–Kier alpha value is -1.95. The maximum absolute atomic E-state index is 13.6. The number of nitrogens with zero attached hydrogens (tertiary/aromatic N) is 1. The largest absolute Gasteiger partial charge is 0.374 e. The summed E-state index contributed by atoms with van der Waals surface area (Å²) in [5, 5.41) is 11.8. The molecular formula is C14H15FN2O3. The topological polar surface area (TPSA) is 69.6 Å². The van der Waals surface area contributed by atoms with Crippen molar-refractivity contribution < 1.29 is 19.1 Å². The van der Waals surface area contributed by atoms with Gasteiger partial charge in [-0.3, -0.25) is 9.59 Å². The Morgan fingerprint density at radius 2 is 2.10 bits per heavy atom. The van der Waals surface area contributed by atoms with Crippen LogP contribution in [0.25, 0.3) is 0 Å². The molecule has 2 aliphatic heterocycles. The second-order valence-electron chi connectivity index (χ2n) is 5.25. The first-order valence-corrected chi connectivity index (χ1v) is 6.56. The van der Waals surface area contributed by atoms with Crippen LogP contribution in [-0.2, 0) is 11.3 Å². The lowest BCUT2D eigenvalue weighted by Gasteiger charge is -2.32. The Morgan fingerprint density at radius 1 is 1.35 bits per heavy atom. The molecule has 2 aliphatic rings. The zero-order valence-electron chi connectivity index (χ0n) is 11.0. The van der Waals surface area contributed by atoms with Crippen molar-refractivity contribution >= 4 is 11.8 Å². The molecule has 1 saturated heterocycles. The van der Waals surface area contributed by atoms with Gasteiger partial charge in [0.05, 0.1) is 0 Å². The fourth-order valence-corrected chi connectivity index (χ4v) is 2.86. The van der Waals surface area contributed by atoms with Crippen molar-refractivity contribution in [3.8, 4) is 0 Å². The first kappa shape index (κ1) is 13.1. The number of amides is 2. The number of aliphatic hydroxyl groups is 1. The van der Waals surface area contributed by atoms with Crippen molar-refractivity contribution in [3.63, 3.8) is 0 Å². The predicted molar refractivity (Wildman–Crippen MR) is 68.2 cm³/mol. The van der Waals surface area contributed by atoms with Crippen LogP contribution in [0.3, 0.4) is 0 Å². The minimum Gasteiger partial charge on any atom is -0.374 e. The van der Waals surface area contributed by atoms with Crippen molar-refractivity contribution in [2.24, 2.45) is 0 Å². The third-order valence-electron chi connectivity index (χ3n) is 4.05. The number of aliphatic hydroxyl groups excluding tert-OH is 1. The normalized spacial score (nSPS) is 25.6. The molecule has 2 amide bonds. The Morgan fingerprint density at radius 3 is 2.80 bits per heavy atom. The number of carbonyl (C=O) groups excluding carboxylic acids is 2. The van der Waals surface area contributed by atoms with E-state index in [-0.39, 0.29) is 24.2 Å². The number of fused-ring (bicyclic) bond motifs is 1. The average Bonchev–Trinajstić information content (AvgIpc) is 2.72. The predicted octanol–water partition coefficient (Wildman–Crippen LogP) is 0.687. The fraction of sp³-hybridized carbons (Fsp3) is 0.429. The summed E-state index contributed by atoms with van der Waals surface area (Å²) in [4.78, 5) is 25.7. The number of benzene rings is 1. The second-order valence-corrected chi connectivity index (χ2v) is 5.25. The van der Waals surface area contributed by atoms with Gasteiger partial charge in [0.25, 0.3) is 5.91 Å². The number of hydrogen-bond donors (Lipinski definition) is 2. The molecule has 1 fully saturated rings. The van der Waals surface area contributed by atoms with Gasteiger partial charge >= 0.3 is 0 Å². The third-order valence-corrected chi connectivity index (χ3v) is 4.05. The van der Waals surface area contributed by atoms with Gasteiger partial charge in [-0.25, -0.2) is 4.39 Å². The van der Waals surface area contributed by atoms with Gasteiger partial charge in [-0.15, -0.1) is 0 Å². The van der Waals surface area contributed by atoms with E-state index in [1.165, 1.54) is 17.0 Å². The maximum Gasteiger partial charge on any atom is 0.255 e. The summed E-state index contributed by atoms with van der Waals surface area (Å²) in [5.41, 5.74) is 1.56. The Bertz CT molecular complexity index is 602. The number of rotatable bonds is 1. The van der Waals surface area contributed by atoms with E-state index in [0.29, 0.717) is 29.5 Å². The lowest BCUT2D eigenvalue weighted by Crippen LogP contribution is -2.54. The number of nitrogens with one attached hydrogen (secondary N) is 1. The monoisotopic (exact) mass is 278 g/mol. The van der Waals surface area contributed by atoms with Crippen LogP contribution in [-0.4, -0.2) is 34.1 Å². The van der Waals surface area contributed by atoms with E-state index in [9.17, 15) is 19.1 Å². The zero-order chi connectivity index (χ0) is 14.4. The second kappa shape index (κ2) is 4.56. The zero-order valence-corrected chi connectivity index (χ0v) is 11.0. The molecule has 1 aromatic carbocycles. The van der Waals surface area contributed by atoms with Crippen LogP contribution < -0.4 is 5.32 Å². The highest BCUT2D eigenvalue weighted by atomic mass is 19.1.